The maximum atomic E-state index is 6.30. The van der Waals surface area contributed by atoms with E-state index in [4.69, 9.17) is 14.2 Å². The molecule has 0 bridgehead atoms. The van der Waals surface area contributed by atoms with Crippen LogP contribution in [0.1, 0.15) is 86.6 Å². The normalized spacial score (nSPS) is 17.1. The summed E-state index contributed by atoms with van der Waals surface area (Å²) in [5.41, 5.74) is 6.74. The minimum absolute atomic E-state index is 0.273. The van der Waals surface area contributed by atoms with Crippen LogP contribution in [0.5, 0.6) is 11.5 Å². The molecule has 0 amide bonds. The largest absolute Gasteiger partial charge is 0.489 e. The van der Waals surface area contributed by atoms with Crippen LogP contribution in [-0.4, -0.2) is 57.4 Å². The molecular weight excluding hydrogens is 592 g/mol. The summed E-state index contributed by atoms with van der Waals surface area (Å²) in [6.07, 6.45) is 4.76. The van der Waals surface area contributed by atoms with Crippen molar-refractivity contribution < 1.29 is 14.2 Å². The molecule has 4 aromatic rings. The third-order valence-corrected chi connectivity index (χ3v) is 9.02. The van der Waals surface area contributed by atoms with Crippen molar-refractivity contribution in [3.63, 3.8) is 0 Å². The fraction of sp³-hybridized carbons (Fsp3) is 0.442. The second-order valence-electron chi connectivity index (χ2n) is 12.4. The molecular formula is C43H58N2O3. The zero-order chi connectivity index (χ0) is 34.0. The van der Waals surface area contributed by atoms with Crippen molar-refractivity contribution in [1.29, 1.82) is 0 Å². The number of nitrogens with one attached hydrogen (secondary N) is 1. The zero-order valence-electron chi connectivity index (χ0n) is 30.0. The second-order valence-corrected chi connectivity index (χ2v) is 12.4. The molecule has 2 unspecified atom stereocenters. The summed E-state index contributed by atoms with van der Waals surface area (Å²) in [7, 11) is 1.76. The molecule has 4 aromatic carbocycles. The number of fused-ring (bicyclic) bond motifs is 1. The quantitative estimate of drug-likeness (QED) is 0.138. The number of likely N-dealkylation sites (tertiary alicyclic amines) is 1. The van der Waals surface area contributed by atoms with E-state index in [0.717, 1.165) is 70.1 Å². The third-order valence-electron chi connectivity index (χ3n) is 9.02. The average molecular weight is 651 g/mol. The minimum atomic E-state index is 0.273. The van der Waals surface area contributed by atoms with E-state index in [1.807, 2.05) is 19.9 Å². The highest BCUT2D eigenvalue weighted by Gasteiger charge is 2.33. The molecule has 1 N–H and O–H groups in total. The lowest BCUT2D eigenvalue weighted by Gasteiger charge is -2.39. The Morgan fingerprint density at radius 2 is 1.48 bits per heavy atom. The van der Waals surface area contributed by atoms with Crippen LogP contribution in [0, 0.1) is 0 Å². The summed E-state index contributed by atoms with van der Waals surface area (Å²) in [6.45, 7) is 15.0. The summed E-state index contributed by atoms with van der Waals surface area (Å²) < 4.78 is 17.7. The first-order valence-electron chi connectivity index (χ1n) is 18.2. The van der Waals surface area contributed by atoms with E-state index in [9.17, 15) is 0 Å². The molecule has 2 atom stereocenters. The van der Waals surface area contributed by atoms with Crippen LogP contribution in [-0.2, 0) is 17.8 Å². The van der Waals surface area contributed by atoms with Gasteiger partial charge in [-0.1, -0.05) is 107 Å². The van der Waals surface area contributed by atoms with Gasteiger partial charge in [-0.2, -0.15) is 0 Å². The summed E-state index contributed by atoms with van der Waals surface area (Å²) in [4.78, 5) is 2.43. The Balaban J connectivity index is 0.000000588. The second kappa shape index (κ2) is 20.7. The molecule has 1 aliphatic heterocycles. The molecule has 5 nitrogen and oxygen atoms in total. The van der Waals surface area contributed by atoms with E-state index >= 15 is 0 Å². The first-order chi connectivity index (χ1) is 23.7. The van der Waals surface area contributed by atoms with Gasteiger partial charge in [0.2, 0.25) is 0 Å². The highest BCUT2D eigenvalue weighted by atomic mass is 16.5. The van der Waals surface area contributed by atoms with Crippen LogP contribution < -0.4 is 14.8 Å². The summed E-state index contributed by atoms with van der Waals surface area (Å²) in [6, 6.07) is 37.0. The van der Waals surface area contributed by atoms with Gasteiger partial charge >= 0.3 is 0 Å². The van der Waals surface area contributed by atoms with Crippen LogP contribution >= 0.6 is 0 Å². The summed E-state index contributed by atoms with van der Waals surface area (Å²) in [5, 5.41) is 3.20. The lowest BCUT2D eigenvalue weighted by Crippen LogP contribution is -2.53. The van der Waals surface area contributed by atoms with Crippen molar-refractivity contribution in [1.82, 2.24) is 10.2 Å². The SMILES string of the molecule is CC.CCCNCC.COCCCN1CC(Oc2ccc(C3c4ccc(OCc5ccccc5)cc4CCC3c3ccccc3)cc2)C1. The monoisotopic (exact) mass is 650 g/mol. The molecule has 6 rings (SSSR count). The van der Waals surface area contributed by atoms with Gasteiger partial charge < -0.3 is 19.5 Å². The van der Waals surface area contributed by atoms with Gasteiger partial charge in [0, 0.05) is 39.3 Å². The van der Waals surface area contributed by atoms with Crippen LogP contribution in [0.25, 0.3) is 0 Å². The van der Waals surface area contributed by atoms with Crippen molar-refractivity contribution >= 4 is 0 Å². The fourth-order valence-electron chi connectivity index (χ4n) is 6.61. The van der Waals surface area contributed by atoms with E-state index < -0.39 is 0 Å². The molecule has 0 aromatic heterocycles. The molecule has 1 aliphatic carbocycles. The van der Waals surface area contributed by atoms with Crippen LogP contribution in [0.2, 0.25) is 0 Å². The summed E-state index contributed by atoms with van der Waals surface area (Å²) >= 11 is 0. The topological polar surface area (TPSA) is 43.0 Å². The Morgan fingerprint density at radius 3 is 2.12 bits per heavy atom. The van der Waals surface area contributed by atoms with Gasteiger partial charge in [-0.15, -0.1) is 0 Å². The minimum Gasteiger partial charge on any atom is -0.489 e. The van der Waals surface area contributed by atoms with Crippen molar-refractivity contribution in [2.45, 2.75) is 77.9 Å². The van der Waals surface area contributed by atoms with Gasteiger partial charge in [0.15, 0.2) is 0 Å². The molecule has 1 heterocycles. The molecule has 2 aliphatic rings. The molecule has 0 spiro atoms. The van der Waals surface area contributed by atoms with Gasteiger partial charge in [0.25, 0.3) is 0 Å². The molecule has 1 fully saturated rings. The van der Waals surface area contributed by atoms with Gasteiger partial charge in [-0.05, 0) is 96.8 Å². The van der Waals surface area contributed by atoms with Crippen LogP contribution in [0.3, 0.4) is 0 Å². The highest BCUT2D eigenvalue weighted by molar-refractivity contribution is 5.48. The smallest absolute Gasteiger partial charge is 0.124 e. The number of hydrogen-bond acceptors (Lipinski definition) is 5. The number of aryl methyl sites for hydroxylation is 1. The molecule has 0 saturated carbocycles. The highest BCUT2D eigenvalue weighted by Crippen LogP contribution is 2.47. The lowest BCUT2D eigenvalue weighted by atomic mass is 9.69. The Labute approximate surface area is 290 Å². The molecule has 1 saturated heterocycles. The number of ether oxygens (including phenoxy) is 3. The van der Waals surface area contributed by atoms with Crippen LogP contribution in [0.4, 0.5) is 0 Å². The van der Waals surface area contributed by atoms with Crippen LogP contribution in [0.15, 0.2) is 103 Å². The lowest BCUT2D eigenvalue weighted by molar-refractivity contribution is 0.0152. The number of methoxy groups -OCH3 is 1. The summed E-state index contributed by atoms with van der Waals surface area (Å²) in [5.74, 6) is 2.63. The Kier molecular flexibility index (Phi) is 16.0. The molecule has 5 heteroatoms. The van der Waals surface area contributed by atoms with E-state index in [-0.39, 0.29) is 6.10 Å². The molecule has 0 radical (unpaired) electrons. The molecule has 258 valence electrons. The Morgan fingerprint density at radius 1 is 0.792 bits per heavy atom. The van der Waals surface area contributed by atoms with Crippen molar-refractivity contribution in [3.05, 3.63) is 131 Å². The van der Waals surface area contributed by atoms with Crippen molar-refractivity contribution in [2.75, 3.05) is 46.4 Å². The standard InChI is InChI=1S/C36H39NO3.C5H13N.C2H6/c1-38-22-8-21-37-24-33(25-37)40-31-16-13-29(14-17-31)36-34(28-11-6-3-7-12-28)19-15-30-23-32(18-20-35(30)36)39-26-27-9-4-2-5-10-27;1-3-5-6-4-2;1-2/h2-7,9-14,16-18,20,23,33-34,36H,8,15,19,21-22,24-26H2,1H3;6H,3-5H2,1-2H3;1-2H3. The van der Waals surface area contributed by atoms with E-state index in [1.165, 1.54) is 34.2 Å². The molecule has 48 heavy (non-hydrogen) atoms. The predicted molar refractivity (Wildman–Crippen MR) is 201 cm³/mol. The first-order valence-corrected chi connectivity index (χ1v) is 18.2. The first kappa shape index (κ1) is 37.2. The Hall–Kier alpha value is -3.64. The van der Waals surface area contributed by atoms with Gasteiger partial charge in [0.05, 0.1) is 0 Å². The predicted octanol–water partition coefficient (Wildman–Crippen LogP) is 9.26. The Bertz CT molecular complexity index is 1420. The maximum Gasteiger partial charge on any atom is 0.124 e. The van der Waals surface area contributed by atoms with Gasteiger partial charge in [-0.3, -0.25) is 4.90 Å². The van der Waals surface area contributed by atoms with Gasteiger partial charge in [0.1, 0.15) is 24.2 Å². The maximum absolute atomic E-state index is 6.30. The third kappa shape index (κ3) is 10.9. The van der Waals surface area contributed by atoms with Crippen molar-refractivity contribution in [3.8, 4) is 11.5 Å². The number of nitrogens with zero attached hydrogens (tertiary/aromatic N) is 1. The van der Waals surface area contributed by atoms with E-state index in [2.05, 4.69) is 121 Å². The fourth-order valence-corrected chi connectivity index (χ4v) is 6.61. The average Bonchev–Trinajstić information content (AvgIpc) is 3.13. The van der Waals surface area contributed by atoms with E-state index in [1.54, 1.807) is 7.11 Å². The van der Waals surface area contributed by atoms with Gasteiger partial charge in [-0.25, -0.2) is 0 Å². The number of benzene rings is 4. The number of rotatable bonds is 14. The van der Waals surface area contributed by atoms with Crippen molar-refractivity contribution in [2.24, 2.45) is 0 Å². The zero-order valence-corrected chi connectivity index (χ0v) is 30.0. The number of hydrogen-bond donors (Lipinski definition) is 1. The van der Waals surface area contributed by atoms with E-state index in [0.29, 0.717) is 18.4 Å².